The van der Waals surface area contributed by atoms with Gasteiger partial charge < -0.3 is 19.8 Å². The maximum atomic E-state index is 6.02. The lowest BCUT2D eigenvalue weighted by Crippen LogP contribution is -2.14. The van der Waals surface area contributed by atoms with Crippen molar-refractivity contribution in [3.05, 3.63) is 36.6 Å². The van der Waals surface area contributed by atoms with E-state index in [0.717, 1.165) is 11.4 Å². The van der Waals surface area contributed by atoms with Gasteiger partial charge in [0.05, 0.1) is 24.9 Å². The lowest BCUT2D eigenvalue weighted by Gasteiger charge is -2.03. The number of aromatic nitrogens is 6. The van der Waals surface area contributed by atoms with Gasteiger partial charge in [0, 0.05) is 25.4 Å². The van der Waals surface area contributed by atoms with E-state index < -0.39 is 0 Å². The molecule has 0 spiro atoms. The molecule has 3 aromatic rings. The number of H-pyrrole nitrogens is 1. The van der Waals surface area contributed by atoms with Gasteiger partial charge in [-0.15, -0.1) is 0 Å². The number of aromatic amines is 1. The molecule has 0 aliphatic rings. The Morgan fingerprint density at radius 3 is 3.00 bits per heavy atom. The number of nitrogens with zero attached hydrogens (tertiary/aromatic N) is 5. The van der Waals surface area contributed by atoms with E-state index in [2.05, 4.69) is 25.1 Å². The first-order valence-corrected chi connectivity index (χ1v) is 5.77. The van der Waals surface area contributed by atoms with Crippen LogP contribution in [0.15, 0.2) is 29.6 Å². The van der Waals surface area contributed by atoms with E-state index in [1.165, 1.54) is 0 Å². The van der Waals surface area contributed by atoms with E-state index in [1.807, 2.05) is 11.6 Å². The number of aryl methyl sites for hydroxylation is 1. The average Bonchev–Trinajstić information content (AvgIpc) is 3.08. The molecule has 0 fully saturated rings. The first kappa shape index (κ1) is 11.6. The van der Waals surface area contributed by atoms with Crippen molar-refractivity contribution in [2.45, 2.75) is 12.5 Å². The fourth-order valence-corrected chi connectivity index (χ4v) is 1.78. The largest absolute Gasteiger partial charge is 0.348 e. The van der Waals surface area contributed by atoms with Gasteiger partial charge in [-0.1, -0.05) is 5.16 Å². The van der Waals surface area contributed by atoms with Crippen LogP contribution in [0.5, 0.6) is 0 Å². The molecule has 3 aromatic heterocycles. The molecule has 0 amide bonds. The normalized spacial score (nSPS) is 12.7. The molecule has 0 bridgehead atoms. The summed E-state index contributed by atoms with van der Waals surface area (Å²) in [6.45, 7) is 0. The lowest BCUT2D eigenvalue weighted by atomic mass is 10.2. The van der Waals surface area contributed by atoms with Gasteiger partial charge in [0.2, 0.25) is 11.7 Å². The molecule has 1 atom stereocenters. The van der Waals surface area contributed by atoms with Gasteiger partial charge in [-0.2, -0.15) is 4.98 Å². The molecule has 0 aliphatic heterocycles. The van der Waals surface area contributed by atoms with Gasteiger partial charge in [-0.3, -0.25) is 0 Å². The van der Waals surface area contributed by atoms with Gasteiger partial charge in [0.25, 0.3) is 0 Å². The van der Waals surface area contributed by atoms with Crippen LogP contribution in [0.25, 0.3) is 11.5 Å². The molecule has 1 unspecified atom stereocenters. The van der Waals surface area contributed by atoms with Crippen molar-refractivity contribution in [2.75, 3.05) is 0 Å². The third kappa shape index (κ3) is 2.25. The van der Waals surface area contributed by atoms with Gasteiger partial charge >= 0.3 is 0 Å². The van der Waals surface area contributed by atoms with Crippen molar-refractivity contribution in [3.63, 3.8) is 0 Å². The Balaban J connectivity index is 1.79. The molecular formula is C11H13N7O. The zero-order valence-corrected chi connectivity index (χ0v) is 10.3. The van der Waals surface area contributed by atoms with Gasteiger partial charge in [0.15, 0.2) is 0 Å². The van der Waals surface area contributed by atoms with Gasteiger partial charge in [-0.25, -0.2) is 9.97 Å². The maximum Gasteiger partial charge on any atom is 0.244 e. The summed E-state index contributed by atoms with van der Waals surface area (Å²) in [5.74, 6) is 0.876. The Morgan fingerprint density at radius 2 is 2.32 bits per heavy atom. The maximum absolute atomic E-state index is 6.02. The first-order chi connectivity index (χ1) is 9.24. The summed E-state index contributed by atoms with van der Waals surface area (Å²) in [7, 11) is 1.86. The number of nitrogens with two attached hydrogens (primary N) is 1. The van der Waals surface area contributed by atoms with Crippen molar-refractivity contribution in [2.24, 2.45) is 12.8 Å². The number of hydrogen-bond donors (Lipinski definition) is 2. The second-order valence-corrected chi connectivity index (χ2v) is 4.23. The molecule has 0 radical (unpaired) electrons. The van der Waals surface area contributed by atoms with Crippen LogP contribution in [0.3, 0.4) is 0 Å². The Morgan fingerprint density at radius 1 is 1.42 bits per heavy atom. The highest BCUT2D eigenvalue weighted by atomic mass is 16.5. The predicted molar refractivity (Wildman–Crippen MR) is 65.7 cm³/mol. The van der Waals surface area contributed by atoms with E-state index in [1.54, 1.807) is 25.0 Å². The van der Waals surface area contributed by atoms with Crippen LogP contribution in [0.1, 0.15) is 17.6 Å². The van der Waals surface area contributed by atoms with Crippen molar-refractivity contribution < 1.29 is 4.52 Å². The summed E-state index contributed by atoms with van der Waals surface area (Å²) in [5.41, 5.74) is 7.73. The van der Waals surface area contributed by atoms with E-state index in [9.17, 15) is 0 Å². The smallest absolute Gasteiger partial charge is 0.244 e. The van der Waals surface area contributed by atoms with Gasteiger partial charge in [-0.05, 0) is 0 Å². The third-order valence-corrected chi connectivity index (χ3v) is 2.80. The fraction of sp³-hybridized carbons (Fsp3) is 0.273. The molecule has 19 heavy (non-hydrogen) atoms. The Kier molecular flexibility index (Phi) is 2.84. The molecule has 8 nitrogen and oxygen atoms in total. The Hall–Kier alpha value is -2.48. The molecule has 0 saturated heterocycles. The van der Waals surface area contributed by atoms with E-state index in [0.29, 0.717) is 18.1 Å². The Bertz CT molecular complexity index is 654. The molecule has 3 N–H and O–H groups in total. The summed E-state index contributed by atoms with van der Waals surface area (Å²) >= 11 is 0. The quantitative estimate of drug-likeness (QED) is 0.703. The highest BCUT2D eigenvalue weighted by Crippen LogP contribution is 2.18. The predicted octanol–water partition coefficient (Wildman–Crippen LogP) is 0.436. The summed E-state index contributed by atoms with van der Waals surface area (Å²) in [6, 6.07) is -0.366. The van der Waals surface area contributed by atoms with E-state index in [-0.39, 0.29) is 6.04 Å². The third-order valence-electron chi connectivity index (χ3n) is 2.80. The molecule has 0 aromatic carbocycles. The van der Waals surface area contributed by atoms with Crippen molar-refractivity contribution in [3.8, 4) is 11.5 Å². The van der Waals surface area contributed by atoms with Crippen LogP contribution < -0.4 is 5.73 Å². The summed E-state index contributed by atoms with van der Waals surface area (Å²) in [5, 5.41) is 3.92. The molecule has 98 valence electrons. The molecule has 0 aliphatic carbocycles. The second kappa shape index (κ2) is 4.65. The van der Waals surface area contributed by atoms with Crippen molar-refractivity contribution in [1.29, 1.82) is 0 Å². The molecule has 8 heteroatoms. The van der Waals surface area contributed by atoms with Crippen LogP contribution in [-0.2, 0) is 13.5 Å². The molecule has 3 heterocycles. The highest BCUT2D eigenvalue weighted by Gasteiger charge is 2.18. The van der Waals surface area contributed by atoms with Crippen LogP contribution in [0, 0.1) is 0 Å². The summed E-state index contributed by atoms with van der Waals surface area (Å²) < 4.78 is 7.01. The zero-order chi connectivity index (χ0) is 13.2. The zero-order valence-electron chi connectivity index (χ0n) is 10.3. The number of imidazole rings is 2. The fourth-order valence-electron chi connectivity index (χ4n) is 1.78. The minimum atomic E-state index is -0.366. The summed E-state index contributed by atoms with van der Waals surface area (Å²) in [6.07, 6.45) is 7.24. The monoisotopic (exact) mass is 259 g/mol. The highest BCUT2D eigenvalue weighted by molar-refractivity contribution is 5.47. The van der Waals surface area contributed by atoms with Crippen molar-refractivity contribution >= 4 is 0 Å². The van der Waals surface area contributed by atoms with Crippen LogP contribution in [-0.4, -0.2) is 29.7 Å². The molecule has 0 saturated carbocycles. The van der Waals surface area contributed by atoms with E-state index in [4.69, 9.17) is 10.3 Å². The number of nitrogens with one attached hydrogen (secondary N) is 1. The summed E-state index contributed by atoms with van der Waals surface area (Å²) in [4.78, 5) is 15.2. The van der Waals surface area contributed by atoms with Crippen LogP contribution in [0.2, 0.25) is 0 Å². The van der Waals surface area contributed by atoms with Crippen LogP contribution >= 0.6 is 0 Å². The SMILES string of the molecule is Cn1cncc1-c1noc(C(N)Cc2cnc[nH]2)n1. The average molecular weight is 259 g/mol. The lowest BCUT2D eigenvalue weighted by molar-refractivity contribution is 0.353. The molecular weight excluding hydrogens is 246 g/mol. The van der Waals surface area contributed by atoms with Crippen LogP contribution in [0.4, 0.5) is 0 Å². The minimum Gasteiger partial charge on any atom is -0.348 e. The number of hydrogen-bond acceptors (Lipinski definition) is 6. The standard InChI is InChI=1S/C11H13N7O/c1-18-6-14-4-9(18)10-16-11(19-17-10)8(12)2-7-3-13-5-15-7/h3-6,8H,2,12H2,1H3,(H,13,15). The molecule has 3 rings (SSSR count). The Labute approximate surface area is 108 Å². The second-order valence-electron chi connectivity index (χ2n) is 4.23. The topological polar surface area (TPSA) is 111 Å². The van der Waals surface area contributed by atoms with Gasteiger partial charge in [0.1, 0.15) is 5.69 Å². The number of rotatable bonds is 4. The van der Waals surface area contributed by atoms with E-state index >= 15 is 0 Å². The first-order valence-electron chi connectivity index (χ1n) is 5.77. The van der Waals surface area contributed by atoms with Crippen molar-refractivity contribution in [1.82, 2.24) is 29.7 Å². The minimum absolute atomic E-state index is 0.366.